The number of aromatic nitrogens is 5. The number of fused-ring (bicyclic) bond motifs is 4. The van der Waals surface area contributed by atoms with Crippen molar-refractivity contribution in [1.29, 1.82) is 0 Å². The van der Waals surface area contributed by atoms with Crippen LogP contribution in [-0.2, 0) is 26.5 Å². The first-order valence-corrected chi connectivity index (χ1v) is 17.2. The number of hydrogen-bond acceptors (Lipinski definition) is 3. The Bertz CT molecular complexity index is 2560. The molecule has 0 N–H and O–H groups in total. The van der Waals surface area contributed by atoms with Crippen molar-refractivity contribution in [1.82, 2.24) is 19.1 Å². The van der Waals surface area contributed by atoms with Gasteiger partial charge in [0.25, 0.3) is 6.33 Å². The molecule has 0 bridgehead atoms. The molecule has 0 amide bonds. The maximum Gasteiger partial charge on any atom is 0.269 e. The van der Waals surface area contributed by atoms with E-state index in [1.807, 2.05) is 51.7 Å². The molecule has 0 radical (unpaired) electrons. The van der Waals surface area contributed by atoms with Crippen LogP contribution in [0.1, 0.15) is 65.9 Å². The average molecular weight is 850 g/mol. The molecule has 8 aromatic rings. The smallest absolute Gasteiger partial charge is 0.269 e. The summed E-state index contributed by atoms with van der Waals surface area (Å²) in [6.07, 6.45) is 8.60. The zero-order valence-electron chi connectivity index (χ0n) is 30.3. The van der Waals surface area contributed by atoms with E-state index in [9.17, 15) is 0 Å². The monoisotopic (exact) mass is 849 g/mol. The maximum absolute atomic E-state index is 9.04. The summed E-state index contributed by atoms with van der Waals surface area (Å²) >= 11 is 0. The van der Waals surface area contributed by atoms with E-state index in [2.05, 4.69) is 123 Å². The summed E-state index contributed by atoms with van der Waals surface area (Å²) in [5.41, 5.74) is 6.96. The minimum Gasteiger partial charge on any atom is -0.522 e. The van der Waals surface area contributed by atoms with Gasteiger partial charge in [-0.15, -0.1) is 17.5 Å². The van der Waals surface area contributed by atoms with Crippen molar-refractivity contribution in [2.75, 3.05) is 0 Å². The number of benzene rings is 4. The molecule has 0 atom stereocenters. The maximum atomic E-state index is 9.04. The minimum atomic E-state index is -0.642. The van der Waals surface area contributed by atoms with Crippen LogP contribution in [0.15, 0.2) is 116 Å². The normalized spacial score (nSPS) is 12.3. The molecular formula is C44H39N5OPt-2. The SMILES string of the molecule is [2H]C(CC)(CC)c1cccc(-[n+]2[c-]n(-c3[c-]c(Oc4[c-]c5c(cc4)c4ccccc4n5-c4cc(C(C)(C)C)ccn4)ccn3)c3ccccc32)c1.[Pt]. The molecule has 0 spiro atoms. The van der Waals surface area contributed by atoms with Gasteiger partial charge in [-0.1, -0.05) is 101 Å². The average Bonchev–Trinajstić information content (AvgIpc) is 3.70. The van der Waals surface area contributed by atoms with Crippen LogP contribution in [0.4, 0.5) is 0 Å². The largest absolute Gasteiger partial charge is 0.522 e. The molecule has 0 unspecified atom stereocenters. The molecule has 6 nitrogen and oxygen atoms in total. The van der Waals surface area contributed by atoms with Crippen LogP contribution in [0.3, 0.4) is 0 Å². The molecule has 258 valence electrons. The topological polar surface area (TPSA) is 48.8 Å². The van der Waals surface area contributed by atoms with Crippen molar-refractivity contribution >= 4 is 32.8 Å². The van der Waals surface area contributed by atoms with Gasteiger partial charge in [0.2, 0.25) is 0 Å². The molecular weight excluding hydrogens is 810 g/mol. The number of imidazole rings is 1. The predicted octanol–water partition coefficient (Wildman–Crippen LogP) is 10.2. The van der Waals surface area contributed by atoms with Gasteiger partial charge in [-0.25, -0.2) is 4.98 Å². The van der Waals surface area contributed by atoms with Gasteiger partial charge in [-0.2, -0.15) is 18.2 Å². The van der Waals surface area contributed by atoms with E-state index in [4.69, 9.17) is 11.1 Å². The molecule has 4 aromatic carbocycles. The summed E-state index contributed by atoms with van der Waals surface area (Å²) in [6.45, 7) is 10.8. The summed E-state index contributed by atoms with van der Waals surface area (Å²) in [4.78, 5) is 9.48. The van der Waals surface area contributed by atoms with E-state index in [1.54, 1.807) is 12.3 Å². The second-order valence-corrected chi connectivity index (χ2v) is 13.6. The summed E-state index contributed by atoms with van der Waals surface area (Å²) in [5.74, 6) is 1.82. The van der Waals surface area contributed by atoms with E-state index in [1.165, 1.54) is 5.56 Å². The van der Waals surface area contributed by atoms with Crippen LogP contribution >= 0.6 is 0 Å². The second kappa shape index (κ2) is 13.9. The van der Waals surface area contributed by atoms with Crippen molar-refractivity contribution in [3.63, 3.8) is 0 Å². The minimum absolute atomic E-state index is 0. The van der Waals surface area contributed by atoms with Crippen LogP contribution in [0.25, 0.3) is 50.2 Å². The Morgan fingerprint density at radius 3 is 2.33 bits per heavy atom. The molecule has 8 rings (SSSR count). The molecule has 0 fully saturated rings. The van der Waals surface area contributed by atoms with Crippen molar-refractivity contribution < 1.29 is 31.7 Å². The van der Waals surface area contributed by atoms with E-state index in [-0.39, 0.29) is 26.5 Å². The molecule has 0 aliphatic carbocycles. The number of nitrogens with zero attached hydrogens (tertiary/aromatic N) is 5. The number of hydrogen-bond donors (Lipinski definition) is 0. The van der Waals surface area contributed by atoms with Crippen LogP contribution in [0, 0.1) is 18.5 Å². The predicted molar refractivity (Wildman–Crippen MR) is 200 cm³/mol. The van der Waals surface area contributed by atoms with E-state index in [0.29, 0.717) is 17.3 Å². The first-order valence-electron chi connectivity index (χ1n) is 17.7. The Morgan fingerprint density at radius 2 is 1.53 bits per heavy atom. The van der Waals surface area contributed by atoms with E-state index < -0.39 is 5.89 Å². The van der Waals surface area contributed by atoms with E-state index >= 15 is 0 Å². The zero-order chi connectivity index (χ0) is 35.3. The third-order valence-corrected chi connectivity index (χ3v) is 9.42. The fraction of sp³-hybridized carbons (Fsp3) is 0.205. The zero-order valence-corrected chi connectivity index (χ0v) is 31.6. The third-order valence-electron chi connectivity index (χ3n) is 9.42. The van der Waals surface area contributed by atoms with Crippen LogP contribution in [0.2, 0.25) is 0 Å². The van der Waals surface area contributed by atoms with Crippen molar-refractivity contribution in [2.45, 2.75) is 58.8 Å². The summed E-state index contributed by atoms with van der Waals surface area (Å²) in [7, 11) is 0. The molecule has 0 saturated heterocycles. The Balaban J connectivity index is 0.00000420. The molecule has 51 heavy (non-hydrogen) atoms. The van der Waals surface area contributed by atoms with Crippen molar-refractivity contribution in [3.8, 4) is 28.8 Å². The van der Waals surface area contributed by atoms with Gasteiger partial charge in [0.15, 0.2) is 0 Å². The Hall–Kier alpha value is -5.06. The fourth-order valence-electron chi connectivity index (χ4n) is 6.76. The standard InChI is InChI=1S/C44H39N5O.Pt/c1-6-30(7-2)31-13-12-14-33(25-31)47-29-48(40-18-11-10-17-39(40)47)42-28-35(22-24-45-42)50-34-19-20-37-36-15-8-9-16-38(36)49(41(37)27-34)43-26-32(21-23-46-43)44(3,4)5;/h8-26,30H,6-7H2,1-5H3;/q-2;/i30D;. The quantitative estimate of drug-likeness (QED) is 0.113. The Kier molecular flexibility index (Phi) is 9.04. The molecule has 0 saturated carbocycles. The van der Waals surface area contributed by atoms with Gasteiger partial charge in [-0.05, 0) is 76.7 Å². The molecule has 4 aromatic heterocycles. The van der Waals surface area contributed by atoms with Gasteiger partial charge in [0.1, 0.15) is 5.82 Å². The second-order valence-electron chi connectivity index (χ2n) is 13.6. The van der Waals surface area contributed by atoms with Crippen molar-refractivity contribution in [2.24, 2.45) is 0 Å². The summed E-state index contributed by atoms with van der Waals surface area (Å²) in [5, 5.41) is 2.20. The fourth-order valence-corrected chi connectivity index (χ4v) is 6.76. The third kappa shape index (κ3) is 6.38. The first kappa shape index (κ1) is 33.1. The van der Waals surface area contributed by atoms with Crippen molar-refractivity contribution in [3.05, 3.63) is 145 Å². The molecule has 4 heterocycles. The van der Waals surface area contributed by atoms with Gasteiger partial charge in [-0.3, -0.25) is 14.1 Å². The Morgan fingerprint density at radius 1 is 0.784 bits per heavy atom. The van der Waals surface area contributed by atoms with Gasteiger partial charge < -0.3 is 9.30 Å². The van der Waals surface area contributed by atoms with Crippen LogP contribution < -0.4 is 9.30 Å². The number of rotatable bonds is 8. The molecule has 0 aliphatic heterocycles. The van der Waals surface area contributed by atoms with Gasteiger partial charge >= 0.3 is 0 Å². The summed E-state index contributed by atoms with van der Waals surface area (Å²) < 4.78 is 21.6. The summed E-state index contributed by atoms with van der Waals surface area (Å²) in [6, 6.07) is 41.8. The Labute approximate surface area is 315 Å². The number of ether oxygens (including phenoxy) is 1. The molecule has 7 heteroatoms. The van der Waals surface area contributed by atoms with Gasteiger partial charge in [0.05, 0.1) is 22.5 Å². The first-order chi connectivity index (χ1) is 24.7. The number of para-hydroxylation sites is 3. The van der Waals surface area contributed by atoms with Gasteiger partial charge in [0, 0.05) is 39.9 Å². The molecule has 0 aliphatic rings. The number of pyridine rings is 2. The van der Waals surface area contributed by atoms with Crippen LogP contribution in [0.5, 0.6) is 11.5 Å². The van der Waals surface area contributed by atoms with Crippen LogP contribution in [-0.4, -0.2) is 19.1 Å². The van der Waals surface area contributed by atoms with E-state index in [0.717, 1.165) is 62.7 Å².